The van der Waals surface area contributed by atoms with Crippen molar-refractivity contribution in [1.29, 1.82) is 0 Å². The molecule has 3 rings (SSSR count). The van der Waals surface area contributed by atoms with Crippen molar-refractivity contribution in [3.63, 3.8) is 0 Å². The minimum Gasteiger partial charge on any atom is -0.356 e. The van der Waals surface area contributed by atoms with Crippen molar-refractivity contribution in [1.82, 2.24) is 10.2 Å². The van der Waals surface area contributed by atoms with Gasteiger partial charge in [0, 0.05) is 24.4 Å². The molecule has 4 heteroatoms. The second-order valence-corrected chi connectivity index (χ2v) is 8.15. The summed E-state index contributed by atoms with van der Waals surface area (Å²) in [6.07, 6.45) is 5.81. The van der Waals surface area contributed by atoms with Gasteiger partial charge in [0.05, 0.1) is 0 Å². The van der Waals surface area contributed by atoms with Crippen LogP contribution in [0.1, 0.15) is 43.9 Å². The van der Waals surface area contributed by atoms with Crippen molar-refractivity contribution < 1.29 is 4.79 Å². The van der Waals surface area contributed by atoms with Gasteiger partial charge in [-0.3, -0.25) is 9.69 Å². The average Bonchev–Trinajstić information content (AvgIpc) is 3.25. The number of hydrogen-bond donors (Lipinski definition) is 1. The minimum absolute atomic E-state index is 0.264. The fourth-order valence-electron chi connectivity index (χ4n) is 3.43. The fourth-order valence-corrected chi connectivity index (χ4v) is 4.17. The average molecular weight is 321 g/mol. The lowest BCUT2D eigenvalue weighted by Gasteiger charge is -2.31. The number of amides is 1. The summed E-state index contributed by atoms with van der Waals surface area (Å²) in [5, 5.41) is 5.32. The lowest BCUT2D eigenvalue weighted by molar-refractivity contribution is -0.122. The van der Waals surface area contributed by atoms with E-state index in [1.54, 1.807) is 0 Å². The molecule has 0 radical (unpaired) electrons. The van der Waals surface area contributed by atoms with Crippen LogP contribution >= 0.6 is 11.3 Å². The third kappa shape index (κ3) is 4.82. The number of rotatable bonds is 7. The topological polar surface area (TPSA) is 32.3 Å². The highest BCUT2D eigenvalue weighted by Gasteiger charge is 2.29. The number of piperidine rings is 1. The van der Waals surface area contributed by atoms with E-state index in [2.05, 4.69) is 34.7 Å². The third-order valence-corrected chi connectivity index (χ3v) is 6.05. The molecule has 22 heavy (non-hydrogen) atoms. The summed E-state index contributed by atoms with van der Waals surface area (Å²) < 4.78 is 0. The predicted octanol–water partition coefficient (Wildman–Crippen LogP) is 3.51. The molecule has 1 saturated heterocycles. The van der Waals surface area contributed by atoms with Crippen molar-refractivity contribution in [2.45, 2.75) is 45.6 Å². The molecule has 2 aliphatic rings. The fraction of sp³-hybridized carbons (Fsp3) is 0.722. The van der Waals surface area contributed by atoms with Gasteiger partial charge >= 0.3 is 0 Å². The second kappa shape index (κ2) is 7.60. The molecule has 1 saturated carbocycles. The highest BCUT2D eigenvalue weighted by atomic mass is 32.1. The zero-order valence-electron chi connectivity index (χ0n) is 13.6. The first-order valence-electron chi connectivity index (χ1n) is 8.72. The van der Waals surface area contributed by atoms with Crippen LogP contribution in [-0.2, 0) is 11.3 Å². The summed E-state index contributed by atoms with van der Waals surface area (Å²) >= 11 is 1.85. The molecule has 3 nitrogen and oxygen atoms in total. The molecule has 1 aliphatic heterocycles. The van der Waals surface area contributed by atoms with Crippen LogP contribution in [0.15, 0.2) is 17.5 Å². The first-order chi connectivity index (χ1) is 10.7. The van der Waals surface area contributed by atoms with Gasteiger partial charge in [0.15, 0.2) is 0 Å². The first kappa shape index (κ1) is 16.0. The minimum atomic E-state index is 0.264. The second-order valence-electron chi connectivity index (χ2n) is 7.12. The van der Waals surface area contributed by atoms with Crippen molar-refractivity contribution in [2.75, 3.05) is 19.6 Å². The quantitative estimate of drug-likeness (QED) is 0.834. The van der Waals surface area contributed by atoms with Crippen LogP contribution in [0.5, 0.6) is 0 Å². The molecule has 0 aromatic carbocycles. The van der Waals surface area contributed by atoms with Gasteiger partial charge in [-0.1, -0.05) is 13.0 Å². The van der Waals surface area contributed by atoms with E-state index in [1.165, 1.54) is 30.6 Å². The molecule has 0 bridgehead atoms. The van der Waals surface area contributed by atoms with Gasteiger partial charge < -0.3 is 5.32 Å². The van der Waals surface area contributed by atoms with Gasteiger partial charge in [-0.2, -0.15) is 0 Å². The number of carbonyl (C=O) groups is 1. The molecule has 2 fully saturated rings. The summed E-state index contributed by atoms with van der Waals surface area (Å²) in [5.41, 5.74) is 0. The Morgan fingerprint density at radius 3 is 2.77 bits per heavy atom. The van der Waals surface area contributed by atoms with Crippen molar-refractivity contribution in [3.8, 4) is 0 Å². The number of hydrogen-bond acceptors (Lipinski definition) is 3. The number of nitrogens with one attached hydrogen (secondary N) is 1. The lowest BCUT2D eigenvalue weighted by Crippen LogP contribution is -2.38. The summed E-state index contributed by atoms with van der Waals surface area (Å²) in [5.74, 6) is 2.33. The maximum Gasteiger partial charge on any atom is 0.220 e. The molecule has 0 spiro atoms. The molecule has 122 valence electrons. The Morgan fingerprint density at radius 1 is 1.36 bits per heavy atom. The molecule has 1 N–H and O–H groups in total. The van der Waals surface area contributed by atoms with E-state index in [0.29, 0.717) is 11.8 Å². The van der Waals surface area contributed by atoms with E-state index >= 15 is 0 Å². The van der Waals surface area contributed by atoms with Gasteiger partial charge in [-0.25, -0.2) is 0 Å². The smallest absolute Gasteiger partial charge is 0.220 e. The number of thiophene rings is 1. The van der Waals surface area contributed by atoms with Crippen LogP contribution in [-0.4, -0.2) is 30.4 Å². The van der Waals surface area contributed by atoms with Gasteiger partial charge in [0.2, 0.25) is 5.91 Å². The maximum atomic E-state index is 12.0. The Morgan fingerprint density at radius 2 is 2.14 bits per heavy atom. The molecule has 1 aromatic heterocycles. The highest BCUT2D eigenvalue weighted by molar-refractivity contribution is 7.09. The Bertz CT molecular complexity index is 461. The van der Waals surface area contributed by atoms with E-state index in [9.17, 15) is 4.79 Å². The van der Waals surface area contributed by atoms with Gasteiger partial charge in [0.1, 0.15) is 0 Å². The van der Waals surface area contributed by atoms with Crippen LogP contribution in [0.3, 0.4) is 0 Å². The van der Waals surface area contributed by atoms with Crippen LogP contribution in [0.25, 0.3) is 0 Å². The first-order valence-corrected chi connectivity index (χ1v) is 9.60. The Kier molecular flexibility index (Phi) is 5.53. The molecular formula is C18H28N2OS. The maximum absolute atomic E-state index is 12.0. The summed E-state index contributed by atoms with van der Waals surface area (Å²) in [6.45, 7) is 6.52. The Hall–Kier alpha value is -0.870. The number of nitrogens with zero attached hydrogens (tertiary/aromatic N) is 1. The van der Waals surface area contributed by atoms with Crippen LogP contribution < -0.4 is 5.32 Å². The predicted molar refractivity (Wildman–Crippen MR) is 91.8 cm³/mol. The SMILES string of the molecule is C[C@@H](CC(=O)NCC1CCN(Cc2cccs2)CC1)C1CC1. The molecule has 1 atom stereocenters. The van der Waals surface area contributed by atoms with E-state index in [-0.39, 0.29) is 5.91 Å². The van der Waals surface area contributed by atoms with Crippen LogP contribution in [0, 0.1) is 17.8 Å². The van der Waals surface area contributed by atoms with E-state index < -0.39 is 0 Å². The lowest BCUT2D eigenvalue weighted by atomic mass is 9.96. The summed E-state index contributed by atoms with van der Waals surface area (Å²) in [6, 6.07) is 4.35. The zero-order valence-corrected chi connectivity index (χ0v) is 14.4. The summed E-state index contributed by atoms with van der Waals surface area (Å²) in [7, 11) is 0. The third-order valence-electron chi connectivity index (χ3n) is 5.19. The van der Waals surface area contributed by atoms with E-state index in [0.717, 1.165) is 38.5 Å². The largest absolute Gasteiger partial charge is 0.356 e. The number of likely N-dealkylation sites (tertiary alicyclic amines) is 1. The van der Waals surface area contributed by atoms with Crippen molar-refractivity contribution in [2.24, 2.45) is 17.8 Å². The standard InChI is InChI=1S/C18H28N2OS/c1-14(16-4-5-16)11-18(21)19-12-15-6-8-20(9-7-15)13-17-3-2-10-22-17/h2-3,10,14-16H,4-9,11-13H2,1H3,(H,19,21)/t14-/m0/s1. The highest BCUT2D eigenvalue weighted by Crippen LogP contribution is 2.38. The molecular weight excluding hydrogens is 292 g/mol. The molecule has 1 amide bonds. The number of carbonyl (C=O) groups excluding carboxylic acids is 1. The van der Waals surface area contributed by atoms with Crippen molar-refractivity contribution >= 4 is 17.2 Å². The Balaban J connectivity index is 1.30. The zero-order chi connectivity index (χ0) is 15.4. The molecule has 1 aliphatic carbocycles. The van der Waals surface area contributed by atoms with Gasteiger partial charge in [-0.15, -0.1) is 11.3 Å². The van der Waals surface area contributed by atoms with Gasteiger partial charge in [0.25, 0.3) is 0 Å². The van der Waals surface area contributed by atoms with Crippen LogP contribution in [0.4, 0.5) is 0 Å². The van der Waals surface area contributed by atoms with E-state index in [1.807, 2.05) is 11.3 Å². The Labute approximate surface area is 138 Å². The molecule has 1 aromatic rings. The monoisotopic (exact) mass is 320 g/mol. The normalized spacial score (nSPS) is 21.7. The summed E-state index contributed by atoms with van der Waals surface area (Å²) in [4.78, 5) is 16.0. The van der Waals surface area contributed by atoms with E-state index in [4.69, 9.17) is 0 Å². The molecule has 0 unspecified atom stereocenters. The van der Waals surface area contributed by atoms with Gasteiger partial charge in [-0.05, 0) is 68.0 Å². The molecule has 2 heterocycles. The van der Waals surface area contributed by atoms with Crippen molar-refractivity contribution in [3.05, 3.63) is 22.4 Å². The van der Waals surface area contributed by atoms with Crippen LogP contribution in [0.2, 0.25) is 0 Å².